The molecule has 6 heteroatoms. The number of nitrogens with zero attached hydrogens (tertiary/aromatic N) is 3. The number of aromatic nitrogens is 2. The zero-order valence-electron chi connectivity index (χ0n) is 9.83. The van der Waals surface area contributed by atoms with Gasteiger partial charge in [-0.1, -0.05) is 6.07 Å². The van der Waals surface area contributed by atoms with E-state index >= 15 is 0 Å². The first kappa shape index (κ1) is 12.0. The van der Waals surface area contributed by atoms with Crippen LogP contribution in [0.4, 0.5) is 11.5 Å². The molecule has 0 saturated heterocycles. The van der Waals surface area contributed by atoms with Crippen LogP contribution in [-0.2, 0) is 6.54 Å². The molecule has 0 spiro atoms. The lowest BCUT2D eigenvalue weighted by Gasteiger charge is -2.04. The van der Waals surface area contributed by atoms with Gasteiger partial charge in [0.25, 0.3) is 0 Å². The van der Waals surface area contributed by atoms with Gasteiger partial charge in [0.05, 0.1) is 5.69 Å². The maximum Gasteiger partial charge on any atom is 0.363 e. The minimum atomic E-state index is -0.520. The van der Waals surface area contributed by atoms with Gasteiger partial charge in [-0.2, -0.15) is 0 Å². The minimum absolute atomic E-state index is 0.155. The zero-order chi connectivity index (χ0) is 13.0. The molecular weight excluding hydrogens is 232 g/mol. The Kier molecular flexibility index (Phi) is 3.47. The van der Waals surface area contributed by atoms with Gasteiger partial charge in [0.2, 0.25) is 0 Å². The second kappa shape index (κ2) is 5.22. The fraction of sp³-hybridized carbons (Fsp3) is 0.167. The van der Waals surface area contributed by atoms with Crippen molar-refractivity contribution in [1.82, 2.24) is 9.97 Å². The first-order valence-corrected chi connectivity index (χ1v) is 5.41. The molecule has 0 bridgehead atoms. The molecule has 0 amide bonds. The van der Waals surface area contributed by atoms with Crippen molar-refractivity contribution in [3.8, 4) is 0 Å². The van der Waals surface area contributed by atoms with E-state index in [0.29, 0.717) is 6.54 Å². The maximum absolute atomic E-state index is 10.4. The normalized spacial score (nSPS) is 10.1. The van der Waals surface area contributed by atoms with Gasteiger partial charge in [-0.25, -0.2) is 0 Å². The number of anilines is 1. The standard InChI is InChI=1S/C12H12N4O2/c1-9-2-3-10(6-13-9)7-14-11-4-5-12(15-8-11)16(17)18/h2-6,8,14H,7H2,1H3. The summed E-state index contributed by atoms with van der Waals surface area (Å²) in [7, 11) is 0. The van der Waals surface area contributed by atoms with Gasteiger partial charge >= 0.3 is 5.82 Å². The molecule has 2 aromatic heterocycles. The molecule has 2 heterocycles. The van der Waals surface area contributed by atoms with Crippen LogP contribution in [0.15, 0.2) is 36.7 Å². The first-order valence-electron chi connectivity index (χ1n) is 5.41. The molecule has 2 rings (SSSR count). The SMILES string of the molecule is Cc1ccc(CNc2ccc([N+](=O)[O-])nc2)cn1. The number of aryl methyl sites for hydroxylation is 1. The molecule has 0 fully saturated rings. The summed E-state index contributed by atoms with van der Waals surface area (Å²) in [5.41, 5.74) is 2.75. The van der Waals surface area contributed by atoms with Crippen LogP contribution < -0.4 is 5.32 Å². The Bertz CT molecular complexity index is 537. The average Bonchev–Trinajstić information content (AvgIpc) is 2.38. The average molecular weight is 244 g/mol. The van der Waals surface area contributed by atoms with Crippen molar-refractivity contribution >= 4 is 11.5 Å². The smallest absolute Gasteiger partial charge is 0.363 e. The first-order chi connectivity index (χ1) is 8.65. The van der Waals surface area contributed by atoms with Crippen molar-refractivity contribution in [3.63, 3.8) is 0 Å². The summed E-state index contributed by atoms with van der Waals surface area (Å²) in [4.78, 5) is 17.8. The second-order valence-corrected chi connectivity index (χ2v) is 3.82. The Morgan fingerprint density at radius 1 is 1.22 bits per heavy atom. The van der Waals surface area contributed by atoms with Crippen LogP contribution in [0.2, 0.25) is 0 Å². The van der Waals surface area contributed by atoms with Crippen LogP contribution in [0.25, 0.3) is 0 Å². The van der Waals surface area contributed by atoms with Crippen molar-refractivity contribution in [2.75, 3.05) is 5.32 Å². The Morgan fingerprint density at radius 3 is 2.61 bits per heavy atom. The maximum atomic E-state index is 10.4. The Balaban J connectivity index is 1.97. The number of nitrogens with one attached hydrogen (secondary N) is 1. The van der Waals surface area contributed by atoms with E-state index in [-0.39, 0.29) is 5.82 Å². The topological polar surface area (TPSA) is 81.0 Å². The Morgan fingerprint density at radius 2 is 2.06 bits per heavy atom. The molecule has 1 N–H and O–H groups in total. The lowest BCUT2D eigenvalue weighted by Crippen LogP contribution is -2.01. The molecule has 0 aliphatic carbocycles. The highest BCUT2D eigenvalue weighted by Crippen LogP contribution is 2.12. The van der Waals surface area contributed by atoms with Crippen molar-refractivity contribution in [3.05, 3.63) is 58.0 Å². The summed E-state index contributed by atoms with van der Waals surface area (Å²) < 4.78 is 0. The monoisotopic (exact) mass is 244 g/mol. The van der Waals surface area contributed by atoms with Gasteiger partial charge in [0.1, 0.15) is 0 Å². The van der Waals surface area contributed by atoms with Crippen molar-refractivity contribution in [2.24, 2.45) is 0 Å². The van der Waals surface area contributed by atoms with Gasteiger partial charge < -0.3 is 15.4 Å². The van der Waals surface area contributed by atoms with E-state index < -0.39 is 4.92 Å². The molecule has 0 atom stereocenters. The van der Waals surface area contributed by atoms with E-state index in [0.717, 1.165) is 16.9 Å². The molecule has 0 saturated carbocycles. The quantitative estimate of drug-likeness (QED) is 0.659. The highest BCUT2D eigenvalue weighted by molar-refractivity contribution is 5.43. The minimum Gasteiger partial charge on any atom is -0.378 e. The van der Waals surface area contributed by atoms with Gasteiger partial charge in [-0.3, -0.25) is 4.98 Å². The third-order valence-electron chi connectivity index (χ3n) is 2.40. The molecule has 2 aromatic rings. The van der Waals surface area contributed by atoms with Crippen molar-refractivity contribution in [2.45, 2.75) is 13.5 Å². The number of hydrogen-bond acceptors (Lipinski definition) is 5. The highest BCUT2D eigenvalue weighted by atomic mass is 16.6. The molecule has 0 aliphatic rings. The highest BCUT2D eigenvalue weighted by Gasteiger charge is 2.05. The number of nitro groups is 1. The number of pyridine rings is 2. The Hall–Kier alpha value is -2.50. The molecule has 0 radical (unpaired) electrons. The summed E-state index contributed by atoms with van der Waals surface area (Å²) >= 11 is 0. The van der Waals surface area contributed by atoms with Gasteiger partial charge in [0, 0.05) is 24.5 Å². The third-order valence-corrected chi connectivity index (χ3v) is 2.40. The van der Waals surface area contributed by atoms with Crippen LogP contribution in [0, 0.1) is 17.0 Å². The lowest BCUT2D eigenvalue weighted by atomic mass is 10.2. The molecule has 92 valence electrons. The summed E-state index contributed by atoms with van der Waals surface area (Å²) in [6, 6.07) is 6.92. The third kappa shape index (κ3) is 3.00. The van der Waals surface area contributed by atoms with Gasteiger partial charge in [-0.15, -0.1) is 0 Å². The molecule has 0 unspecified atom stereocenters. The molecule has 6 nitrogen and oxygen atoms in total. The lowest BCUT2D eigenvalue weighted by molar-refractivity contribution is -0.389. The molecule has 18 heavy (non-hydrogen) atoms. The predicted molar refractivity (Wildman–Crippen MR) is 67.2 cm³/mol. The number of rotatable bonds is 4. The van der Waals surface area contributed by atoms with E-state index in [1.54, 1.807) is 12.3 Å². The predicted octanol–water partition coefficient (Wildman–Crippen LogP) is 2.31. The van der Waals surface area contributed by atoms with Crippen LogP contribution >= 0.6 is 0 Å². The largest absolute Gasteiger partial charge is 0.378 e. The second-order valence-electron chi connectivity index (χ2n) is 3.82. The van der Waals surface area contributed by atoms with E-state index in [1.165, 1.54) is 12.3 Å². The van der Waals surface area contributed by atoms with Crippen LogP contribution in [-0.4, -0.2) is 14.9 Å². The zero-order valence-corrected chi connectivity index (χ0v) is 9.83. The van der Waals surface area contributed by atoms with Gasteiger partial charge in [0.15, 0.2) is 6.20 Å². The van der Waals surface area contributed by atoms with Crippen molar-refractivity contribution in [1.29, 1.82) is 0 Å². The van der Waals surface area contributed by atoms with Crippen molar-refractivity contribution < 1.29 is 4.92 Å². The van der Waals surface area contributed by atoms with E-state index in [9.17, 15) is 10.1 Å². The van der Waals surface area contributed by atoms with Crippen LogP contribution in [0.1, 0.15) is 11.3 Å². The fourth-order valence-electron chi connectivity index (χ4n) is 1.41. The molecule has 0 aliphatic heterocycles. The van der Waals surface area contributed by atoms with E-state index in [2.05, 4.69) is 15.3 Å². The van der Waals surface area contributed by atoms with Crippen LogP contribution in [0.3, 0.4) is 0 Å². The van der Waals surface area contributed by atoms with E-state index in [4.69, 9.17) is 0 Å². The molecule has 0 aromatic carbocycles. The summed E-state index contributed by atoms with van der Waals surface area (Å²) in [6.07, 6.45) is 3.24. The summed E-state index contributed by atoms with van der Waals surface area (Å²) in [5.74, 6) is -0.155. The molecular formula is C12H12N4O2. The van der Waals surface area contributed by atoms with Crippen LogP contribution in [0.5, 0.6) is 0 Å². The van der Waals surface area contributed by atoms with E-state index in [1.807, 2.05) is 19.1 Å². The fourth-order valence-corrected chi connectivity index (χ4v) is 1.41. The summed E-state index contributed by atoms with van der Waals surface area (Å²) in [5, 5.41) is 13.6. The number of hydrogen-bond donors (Lipinski definition) is 1. The Labute approximate surface area is 104 Å². The van der Waals surface area contributed by atoms with Gasteiger partial charge in [-0.05, 0) is 34.5 Å². The summed E-state index contributed by atoms with van der Waals surface area (Å²) in [6.45, 7) is 2.53.